The predicted molar refractivity (Wildman–Crippen MR) is 65.5 cm³/mol. The third-order valence-corrected chi connectivity index (χ3v) is 4.02. The van der Waals surface area contributed by atoms with Crippen LogP contribution in [-0.2, 0) is 4.74 Å². The predicted octanol–water partition coefficient (Wildman–Crippen LogP) is 0.130. The summed E-state index contributed by atoms with van der Waals surface area (Å²) in [4.78, 5) is 5.18. The van der Waals surface area contributed by atoms with Crippen molar-refractivity contribution in [2.45, 2.75) is 31.3 Å². The van der Waals surface area contributed by atoms with Crippen LogP contribution in [0.25, 0.3) is 0 Å². The van der Waals surface area contributed by atoms with Crippen LogP contribution in [0.3, 0.4) is 0 Å². The Balaban J connectivity index is 1.88. The van der Waals surface area contributed by atoms with E-state index in [1.54, 1.807) is 7.11 Å². The van der Waals surface area contributed by atoms with Crippen molar-refractivity contribution in [2.24, 2.45) is 5.73 Å². The molecule has 2 rings (SSSR count). The Kier molecular flexibility index (Phi) is 4.58. The van der Waals surface area contributed by atoms with Gasteiger partial charge in [-0.2, -0.15) is 0 Å². The summed E-state index contributed by atoms with van der Waals surface area (Å²) in [6.07, 6.45) is 4.14. The minimum Gasteiger partial charge on any atom is -0.383 e. The van der Waals surface area contributed by atoms with Gasteiger partial charge in [0.25, 0.3) is 0 Å². The number of hydrogen-bond donors (Lipinski definition) is 1. The molecule has 0 saturated carbocycles. The van der Waals surface area contributed by atoms with Crippen LogP contribution >= 0.6 is 0 Å². The molecule has 4 heteroatoms. The first-order valence-electron chi connectivity index (χ1n) is 6.52. The lowest BCUT2D eigenvalue weighted by Crippen LogP contribution is -2.59. The minimum atomic E-state index is 0.411. The molecule has 16 heavy (non-hydrogen) atoms. The van der Waals surface area contributed by atoms with Crippen LogP contribution in [0.2, 0.25) is 0 Å². The van der Waals surface area contributed by atoms with Gasteiger partial charge in [-0.3, -0.25) is 9.80 Å². The van der Waals surface area contributed by atoms with Gasteiger partial charge in [-0.1, -0.05) is 6.42 Å². The Hall–Kier alpha value is -0.160. The first-order chi connectivity index (χ1) is 7.85. The van der Waals surface area contributed by atoms with Crippen molar-refractivity contribution in [3.05, 3.63) is 0 Å². The number of nitrogens with two attached hydrogens (primary N) is 1. The molecule has 0 radical (unpaired) electrons. The van der Waals surface area contributed by atoms with Gasteiger partial charge in [-0.15, -0.1) is 0 Å². The number of fused-ring (bicyclic) bond motifs is 1. The van der Waals surface area contributed by atoms with Gasteiger partial charge < -0.3 is 10.5 Å². The van der Waals surface area contributed by atoms with Crippen molar-refractivity contribution in [3.63, 3.8) is 0 Å². The van der Waals surface area contributed by atoms with Crippen LogP contribution in [0.15, 0.2) is 0 Å². The van der Waals surface area contributed by atoms with Crippen LogP contribution in [-0.4, -0.2) is 68.3 Å². The number of rotatable bonds is 4. The molecule has 2 fully saturated rings. The van der Waals surface area contributed by atoms with E-state index in [0.717, 1.165) is 19.2 Å². The second kappa shape index (κ2) is 5.96. The first kappa shape index (κ1) is 12.3. The average Bonchev–Trinajstić information content (AvgIpc) is 2.35. The summed E-state index contributed by atoms with van der Waals surface area (Å²) in [6, 6.07) is 1.18. The summed E-state index contributed by atoms with van der Waals surface area (Å²) in [5.74, 6) is 0. The van der Waals surface area contributed by atoms with Crippen LogP contribution < -0.4 is 5.73 Å². The highest BCUT2D eigenvalue weighted by atomic mass is 16.5. The number of piperidine rings is 1. The Labute approximate surface area is 98.7 Å². The molecule has 0 amide bonds. The summed E-state index contributed by atoms with van der Waals surface area (Å²) in [5, 5.41) is 0. The molecule has 0 aliphatic carbocycles. The summed E-state index contributed by atoms with van der Waals surface area (Å²) in [5.41, 5.74) is 5.82. The van der Waals surface area contributed by atoms with Crippen LogP contribution in [0.5, 0.6) is 0 Å². The standard InChI is InChI=1S/C12H25N3O/c1-16-10-12(8-13)15-7-6-14-5-3-2-4-11(14)9-15/h11-12H,2-10,13H2,1H3. The van der Waals surface area contributed by atoms with Crippen molar-refractivity contribution >= 4 is 0 Å². The smallest absolute Gasteiger partial charge is 0.0630 e. The first-order valence-corrected chi connectivity index (χ1v) is 6.52. The van der Waals surface area contributed by atoms with E-state index in [9.17, 15) is 0 Å². The summed E-state index contributed by atoms with van der Waals surface area (Å²) in [7, 11) is 1.76. The molecule has 2 heterocycles. The monoisotopic (exact) mass is 227 g/mol. The van der Waals surface area contributed by atoms with E-state index in [4.69, 9.17) is 10.5 Å². The molecule has 4 nitrogen and oxygen atoms in total. The SMILES string of the molecule is COCC(CN)N1CCN2CCCCC2C1. The summed E-state index contributed by atoms with van der Waals surface area (Å²) < 4.78 is 5.25. The molecule has 0 aromatic carbocycles. The molecular weight excluding hydrogens is 202 g/mol. The van der Waals surface area contributed by atoms with Crippen molar-refractivity contribution in [3.8, 4) is 0 Å². The normalized spacial score (nSPS) is 30.0. The van der Waals surface area contributed by atoms with Gasteiger partial charge in [-0.25, -0.2) is 0 Å². The second-order valence-corrected chi connectivity index (χ2v) is 5.03. The minimum absolute atomic E-state index is 0.411. The second-order valence-electron chi connectivity index (χ2n) is 5.03. The highest BCUT2D eigenvalue weighted by Crippen LogP contribution is 2.22. The molecule has 2 unspecified atom stereocenters. The van der Waals surface area contributed by atoms with E-state index in [1.165, 1.54) is 38.9 Å². The van der Waals surface area contributed by atoms with Crippen molar-refractivity contribution in [1.29, 1.82) is 0 Å². The van der Waals surface area contributed by atoms with Crippen LogP contribution in [0, 0.1) is 0 Å². The quantitative estimate of drug-likeness (QED) is 0.741. The van der Waals surface area contributed by atoms with Gasteiger partial charge in [0.1, 0.15) is 0 Å². The molecular formula is C12H25N3O. The van der Waals surface area contributed by atoms with Gasteiger partial charge in [0.15, 0.2) is 0 Å². The number of hydrogen-bond acceptors (Lipinski definition) is 4. The molecule has 94 valence electrons. The maximum atomic E-state index is 5.82. The van der Waals surface area contributed by atoms with E-state index in [-0.39, 0.29) is 0 Å². The molecule has 0 spiro atoms. The number of nitrogens with zero attached hydrogens (tertiary/aromatic N) is 2. The van der Waals surface area contributed by atoms with E-state index < -0.39 is 0 Å². The van der Waals surface area contributed by atoms with E-state index in [0.29, 0.717) is 12.6 Å². The zero-order chi connectivity index (χ0) is 11.4. The van der Waals surface area contributed by atoms with Gasteiger partial charge in [-0.05, 0) is 19.4 Å². The molecule has 2 aliphatic rings. The fourth-order valence-corrected chi connectivity index (χ4v) is 3.03. The topological polar surface area (TPSA) is 41.7 Å². The van der Waals surface area contributed by atoms with Crippen molar-refractivity contribution < 1.29 is 4.74 Å². The van der Waals surface area contributed by atoms with Gasteiger partial charge in [0.2, 0.25) is 0 Å². The highest BCUT2D eigenvalue weighted by Gasteiger charge is 2.31. The third kappa shape index (κ3) is 2.74. The maximum Gasteiger partial charge on any atom is 0.0630 e. The Bertz CT molecular complexity index is 212. The Morgan fingerprint density at radius 2 is 2.19 bits per heavy atom. The largest absolute Gasteiger partial charge is 0.383 e. The Morgan fingerprint density at radius 1 is 1.31 bits per heavy atom. The fraction of sp³-hybridized carbons (Fsp3) is 1.00. The molecule has 2 saturated heterocycles. The van der Waals surface area contributed by atoms with Crippen molar-refractivity contribution in [2.75, 3.05) is 46.4 Å². The highest BCUT2D eigenvalue weighted by molar-refractivity contribution is 4.88. The van der Waals surface area contributed by atoms with Crippen LogP contribution in [0.1, 0.15) is 19.3 Å². The molecule has 0 bridgehead atoms. The van der Waals surface area contributed by atoms with Crippen LogP contribution in [0.4, 0.5) is 0 Å². The third-order valence-electron chi connectivity index (χ3n) is 4.02. The molecule has 0 aromatic heterocycles. The van der Waals surface area contributed by atoms with Gasteiger partial charge >= 0.3 is 0 Å². The molecule has 2 atom stereocenters. The molecule has 2 aliphatic heterocycles. The zero-order valence-electron chi connectivity index (χ0n) is 10.4. The zero-order valence-corrected chi connectivity index (χ0v) is 10.4. The molecule has 2 N–H and O–H groups in total. The average molecular weight is 227 g/mol. The molecule has 0 aromatic rings. The van der Waals surface area contributed by atoms with E-state index in [1.807, 2.05) is 0 Å². The number of piperazine rings is 1. The van der Waals surface area contributed by atoms with E-state index in [2.05, 4.69) is 9.80 Å². The lowest BCUT2D eigenvalue weighted by molar-refractivity contribution is 0.00796. The Morgan fingerprint density at radius 3 is 2.94 bits per heavy atom. The fourth-order valence-electron chi connectivity index (χ4n) is 3.03. The maximum absolute atomic E-state index is 5.82. The summed E-state index contributed by atoms with van der Waals surface area (Å²) >= 11 is 0. The van der Waals surface area contributed by atoms with Gasteiger partial charge in [0, 0.05) is 45.4 Å². The van der Waals surface area contributed by atoms with Crippen molar-refractivity contribution in [1.82, 2.24) is 9.80 Å². The van der Waals surface area contributed by atoms with Gasteiger partial charge in [0.05, 0.1) is 6.61 Å². The van der Waals surface area contributed by atoms with E-state index >= 15 is 0 Å². The summed E-state index contributed by atoms with van der Waals surface area (Å²) in [6.45, 7) is 6.33. The number of methoxy groups -OCH3 is 1. The lowest BCUT2D eigenvalue weighted by Gasteiger charge is -2.46. The lowest BCUT2D eigenvalue weighted by atomic mass is 9.98. The number of ether oxygens (including phenoxy) is 1.